The molecule has 1 atom stereocenters. The highest BCUT2D eigenvalue weighted by molar-refractivity contribution is 7.79. The molecule has 0 N–H and O–H groups in total. The molecule has 1 fully saturated rings. The molecule has 1 nitrogen and oxygen atoms in total. The van der Waals surface area contributed by atoms with Crippen molar-refractivity contribution < 1.29 is 4.74 Å². The lowest BCUT2D eigenvalue weighted by molar-refractivity contribution is 0.0187. The predicted molar refractivity (Wildman–Crippen MR) is 160 cm³/mol. The van der Waals surface area contributed by atoms with Crippen molar-refractivity contribution in [3.05, 3.63) is 138 Å². The van der Waals surface area contributed by atoms with Gasteiger partial charge in [0, 0.05) is 0 Å². The third-order valence-electron chi connectivity index (χ3n) is 7.91. The number of ether oxygens (including phenoxy) is 1. The maximum Gasteiger partial charge on any atom is 0.0717 e. The average Bonchev–Trinajstić information content (AvgIpc) is 2.93. The molecule has 0 spiro atoms. The summed E-state index contributed by atoms with van der Waals surface area (Å²) in [6, 6.07) is 41.6. The van der Waals surface area contributed by atoms with Crippen molar-refractivity contribution in [3.63, 3.8) is 0 Å². The molecule has 0 bridgehead atoms. The highest BCUT2D eigenvalue weighted by Gasteiger charge is 2.44. The third-order valence-corrected chi connectivity index (χ3v) is 10.5. The van der Waals surface area contributed by atoms with Crippen LogP contribution in [0, 0.1) is 11.3 Å². The molecule has 0 aromatic heterocycles. The molecular formula is C35H37OP. The molecule has 1 saturated carbocycles. The Kier molecular flexibility index (Phi) is 8.04. The molecule has 0 saturated heterocycles. The van der Waals surface area contributed by atoms with Crippen LogP contribution in [0.2, 0.25) is 0 Å². The fourth-order valence-corrected chi connectivity index (χ4v) is 8.09. The minimum Gasteiger partial charge on any atom is -0.376 e. The number of hydrogen-bond donors (Lipinski definition) is 0. The van der Waals surface area contributed by atoms with E-state index < -0.39 is 7.92 Å². The van der Waals surface area contributed by atoms with Crippen LogP contribution in [-0.4, -0.2) is 6.61 Å². The van der Waals surface area contributed by atoms with Crippen LogP contribution in [0.25, 0.3) is 0 Å². The number of rotatable bonds is 9. The van der Waals surface area contributed by atoms with E-state index in [1.165, 1.54) is 32.6 Å². The van der Waals surface area contributed by atoms with Gasteiger partial charge in [0.25, 0.3) is 0 Å². The molecule has 0 radical (unpaired) electrons. The van der Waals surface area contributed by atoms with E-state index in [4.69, 9.17) is 4.74 Å². The van der Waals surface area contributed by atoms with Crippen LogP contribution in [0.5, 0.6) is 0 Å². The van der Waals surface area contributed by atoms with Gasteiger partial charge in [-0.1, -0.05) is 140 Å². The summed E-state index contributed by atoms with van der Waals surface area (Å²) in [5, 5.41) is 4.27. The van der Waals surface area contributed by atoms with E-state index in [2.05, 4.69) is 136 Å². The summed E-state index contributed by atoms with van der Waals surface area (Å²) in [6.07, 6.45) is 2.15. The fourth-order valence-electron chi connectivity index (χ4n) is 5.62. The second-order valence-electron chi connectivity index (χ2n) is 10.7. The van der Waals surface area contributed by atoms with Crippen LogP contribution in [0.4, 0.5) is 0 Å². The molecule has 1 unspecified atom stereocenters. The van der Waals surface area contributed by atoms with Gasteiger partial charge in [0.15, 0.2) is 0 Å². The minimum atomic E-state index is -0.608. The van der Waals surface area contributed by atoms with E-state index in [-0.39, 0.29) is 5.41 Å². The highest BCUT2D eigenvalue weighted by atomic mass is 31.1. The van der Waals surface area contributed by atoms with Gasteiger partial charge in [-0.25, -0.2) is 0 Å². The lowest BCUT2D eigenvalue weighted by Crippen LogP contribution is -2.41. The predicted octanol–water partition coefficient (Wildman–Crippen LogP) is 7.57. The normalized spacial score (nSPS) is 17.9. The highest BCUT2D eigenvalue weighted by Crippen LogP contribution is 2.52. The summed E-state index contributed by atoms with van der Waals surface area (Å²) < 4.78 is 6.13. The lowest BCUT2D eigenvalue weighted by Gasteiger charge is -2.49. The molecule has 0 amide bonds. The molecule has 1 aliphatic carbocycles. The number of benzene rings is 4. The van der Waals surface area contributed by atoms with Crippen molar-refractivity contribution in [3.8, 4) is 0 Å². The molecule has 0 aliphatic heterocycles. The van der Waals surface area contributed by atoms with Gasteiger partial charge < -0.3 is 4.74 Å². The smallest absolute Gasteiger partial charge is 0.0717 e. The first-order valence-electron chi connectivity index (χ1n) is 13.3. The minimum absolute atomic E-state index is 0.180. The molecular weight excluding hydrogens is 467 g/mol. The van der Waals surface area contributed by atoms with Gasteiger partial charge in [-0.15, -0.1) is 0 Å². The fraction of sp³-hybridized carbons (Fsp3) is 0.257. The third kappa shape index (κ3) is 5.80. The zero-order chi connectivity index (χ0) is 25.7. The zero-order valence-corrected chi connectivity index (χ0v) is 23.1. The summed E-state index contributed by atoms with van der Waals surface area (Å²) in [6.45, 7) is 8.67. The SMILES string of the molecule is CC(Cc1ccccc1P(c1ccccc1)c1ccccc1)=C1CC(COCc2ccccc2)C1(C)C. The van der Waals surface area contributed by atoms with Crippen molar-refractivity contribution in [2.24, 2.45) is 11.3 Å². The Morgan fingerprint density at radius 3 is 1.89 bits per heavy atom. The van der Waals surface area contributed by atoms with Crippen LogP contribution in [-0.2, 0) is 17.8 Å². The molecule has 4 aromatic rings. The summed E-state index contributed by atoms with van der Waals surface area (Å²) in [5.74, 6) is 0.571. The van der Waals surface area contributed by atoms with Gasteiger partial charge >= 0.3 is 0 Å². The summed E-state index contributed by atoms with van der Waals surface area (Å²) in [5.41, 5.74) is 6.01. The molecule has 1 aliphatic rings. The summed E-state index contributed by atoms with van der Waals surface area (Å²) in [7, 11) is -0.608. The van der Waals surface area contributed by atoms with Gasteiger partial charge in [-0.3, -0.25) is 0 Å². The van der Waals surface area contributed by atoms with Crippen molar-refractivity contribution in [1.82, 2.24) is 0 Å². The summed E-state index contributed by atoms with van der Waals surface area (Å²) >= 11 is 0. The van der Waals surface area contributed by atoms with Crippen molar-refractivity contribution in [2.75, 3.05) is 6.61 Å². The first-order chi connectivity index (χ1) is 18.0. The van der Waals surface area contributed by atoms with Gasteiger partial charge in [0.2, 0.25) is 0 Å². The van der Waals surface area contributed by atoms with Crippen LogP contribution in [0.1, 0.15) is 38.3 Å². The zero-order valence-electron chi connectivity index (χ0n) is 22.2. The van der Waals surface area contributed by atoms with Crippen LogP contribution in [0.3, 0.4) is 0 Å². The second-order valence-corrected chi connectivity index (χ2v) is 12.9. The maximum atomic E-state index is 6.13. The van der Waals surface area contributed by atoms with Gasteiger partial charge in [-0.05, 0) is 66.1 Å². The Balaban J connectivity index is 1.35. The first-order valence-corrected chi connectivity index (χ1v) is 14.7. The van der Waals surface area contributed by atoms with E-state index in [1.807, 2.05) is 0 Å². The summed E-state index contributed by atoms with van der Waals surface area (Å²) in [4.78, 5) is 0. The maximum absolute atomic E-state index is 6.13. The molecule has 2 heteroatoms. The standard InChI is InChI=1S/C35H37OP/c1-27(33-24-30(35(33,2)3)26-36-25-28-15-7-4-8-16-28)23-29-17-13-14-22-34(29)37(31-18-9-5-10-19-31)32-20-11-6-12-21-32/h4-22,30H,23-26H2,1-3H3. The Labute approximate surface area is 224 Å². The Morgan fingerprint density at radius 2 is 1.30 bits per heavy atom. The Hall–Kier alpha value is -2.99. The van der Waals surface area contributed by atoms with Crippen LogP contribution in [0.15, 0.2) is 126 Å². The molecule has 188 valence electrons. The van der Waals surface area contributed by atoms with Crippen molar-refractivity contribution in [1.29, 1.82) is 0 Å². The van der Waals surface area contributed by atoms with E-state index in [1.54, 1.807) is 5.57 Å². The molecule has 0 heterocycles. The van der Waals surface area contributed by atoms with E-state index >= 15 is 0 Å². The number of hydrogen-bond acceptors (Lipinski definition) is 1. The monoisotopic (exact) mass is 504 g/mol. The Bertz CT molecular complexity index is 1290. The van der Waals surface area contributed by atoms with E-state index in [0.717, 1.165) is 19.4 Å². The second kappa shape index (κ2) is 11.6. The number of allylic oxidation sites excluding steroid dienone is 2. The molecule has 4 aromatic carbocycles. The van der Waals surface area contributed by atoms with E-state index in [0.29, 0.717) is 12.5 Å². The largest absolute Gasteiger partial charge is 0.376 e. The molecule has 5 rings (SSSR count). The lowest BCUT2D eigenvalue weighted by atomic mass is 9.57. The molecule has 37 heavy (non-hydrogen) atoms. The van der Waals surface area contributed by atoms with Gasteiger partial charge in [-0.2, -0.15) is 0 Å². The average molecular weight is 505 g/mol. The van der Waals surface area contributed by atoms with Crippen LogP contribution >= 0.6 is 7.92 Å². The quantitative estimate of drug-likeness (QED) is 0.169. The van der Waals surface area contributed by atoms with E-state index in [9.17, 15) is 0 Å². The van der Waals surface area contributed by atoms with Crippen LogP contribution < -0.4 is 15.9 Å². The van der Waals surface area contributed by atoms with Crippen molar-refractivity contribution >= 4 is 23.8 Å². The topological polar surface area (TPSA) is 9.23 Å². The van der Waals surface area contributed by atoms with Gasteiger partial charge in [0.1, 0.15) is 0 Å². The van der Waals surface area contributed by atoms with Gasteiger partial charge in [0.05, 0.1) is 13.2 Å². The van der Waals surface area contributed by atoms with Crippen molar-refractivity contribution in [2.45, 2.75) is 40.2 Å². The first kappa shape index (κ1) is 25.7. The Morgan fingerprint density at radius 1 is 0.757 bits per heavy atom.